The van der Waals surface area contributed by atoms with Gasteiger partial charge >= 0.3 is 0 Å². The first-order chi connectivity index (χ1) is 13.4. The second kappa shape index (κ2) is 9.45. The zero-order valence-electron chi connectivity index (χ0n) is 15.7. The molecule has 2 aromatic rings. The molecule has 7 heteroatoms. The molecular formula is C21H18ClN3O3. The maximum atomic E-state index is 12.5. The largest absolute Gasteiger partial charge is 0.493 e. The molecule has 2 aromatic carbocycles. The number of carbonyl (C=O) groups excluding carboxylic acids is 1. The van der Waals surface area contributed by atoms with E-state index < -0.39 is 5.91 Å². The van der Waals surface area contributed by atoms with Crippen LogP contribution in [0, 0.1) is 36.5 Å². The van der Waals surface area contributed by atoms with Crippen LogP contribution in [-0.2, 0) is 4.79 Å². The molecule has 0 saturated carbocycles. The topological polar surface area (TPSA) is 95.1 Å². The van der Waals surface area contributed by atoms with Crippen molar-refractivity contribution in [1.29, 1.82) is 10.5 Å². The smallest absolute Gasteiger partial charge is 0.266 e. The lowest BCUT2D eigenvalue weighted by Gasteiger charge is -2.11. The monoisotopic (exact) mass is 395 g/mol. The van der Waals surface area contributed by atoms with E-state index in [9.17, 15) is 10.1 Å². The van der Waals surface area contributed by atoms with Crippen LogP contribution in [0.25, 0.3) is 6.08 Å². The summed E-state index contributed by atoms with van der Waals surface area (Å²) in [4.78, 5) is 12.5. The molecule has 0 heterocycles. The van der Waals surface area contributed by atoms with Crippen molar-refractivity contribution in [2.24, 2.45) is 0 Å². The Morgan fingerprint density at radius 2 is 1.96 bits per heavy atom. The first kappa shape index (κ1) is 20.8. The summed E-state index contributed by atoms with van der Waals surface area (Å²) in [6, 6.07) is 12.3. The number of methoxy groups -OCH3 is 1. The highest BCUT2D eigenvalue weighted by Crippen LogP contribution is 2.37. The van der Waals surface area contributed by atoms with E-state index in [1.807, 2.05) is 38.1 Å². The number of carbonyl (C=O) groups is 1. The van der Waals surface area contributed by atoms with E-state index in [0.29, 0.717) is 17.0 Å². The summed E-state index contributed by atoms with van der Waals surface area (Å²) in [5, 5.41) is 21.0. The summed E-state index contributed by atoms with van der Waals surface area (Å²) in [6.45, 7) is 3.73. The zero-order chi connectivity index (χ0) is 20.7. The second-order valence-corrected chi connectivity index (χ2v) is 6.31. The van der Waals surface area contributed by atoms with Crippen molar-refractivity contribution in [2.75, 3.05) is 19.0 Å². The molecule has 28 heavy (non-hydrogen) atoms. The highest BCUT2D eigenvalue weighted by Gasteiger charge is 2.14. The Labute approximate surface area is 168 Å². The maximum Gasteiger partial charge on any atom is 0.266 e. The third kappa shape index (κ3) is 5.03. The summed E-state index contributed by atoms with van der Waals surface area (Å²) in [5.41, 5.74) is 3.13. The molecular weight excluding hydrogens is 378 g/mol. The van der Waals surface area contributed by atoms with Gasteiger partial charge in [0.05, 0.1) is 12.1 Å². The number of benzene rings is 2. The van der Waals surface area contributed by atoms with Crippen molar-refractivity contribution in [3.63, 3.8) is 0 Å². The van der Waals surface area contributed by atoms with E-state index >= 15 is 0 Å². The van der Waals surface area contributed by atoms with Gasteiger partial charge in [0.15, 0.2) is 18.1 Å². The summed E-state index contributed by atoms with van der Waals surface area (Å²) in [7, 11) is 1.43. The van der Waals surface area contributed by atoms with Gasteiger partial charge in [-0.3, -0.25) is 4.79 Å². The standard InChI is InChI=1S/C21H18ClN3O3/c1-13-4-5-17(8-14(13)2)25-21(26)16(12-24)9-15-10-18(22)20(28-7-6-23)19(11-15)27-3/h4-5,8-11H,7H2,1-3H3,(H,25,26)/b16-9+. The number of hydrogen-bond acceptors (Lipinski definition) is 5. The predicted molar refractivity (Wildman–Crippen MR) is 107 cm³/mol. The lowest BCUT2D eigenvalue weighted by atomic mass is 10.1. The Balaban J connectivity index is 2.31. The van der Waals surface area contributed by atoms with Crippen LogP contribution in [0.5, 0.6) is 11.5 Å². The summed E-state index contributed by atoms with van der Waals surface area (Å²) < 4.78 is 10.5. The van der Waals surface area contributed by atoms with E-state index in [1.165, 1.54) is 19.3 Å². The van der Waals surface area contributed by atoms with E-state index in [1.54, 1.807) is 12.1 Å². The van der Waals surface area contributed by atoms with Crippen molar-refractivity contribution < 1.29 is 14.3 Å². The van der Waals surface area contributed by atoms with Gasteiger partial charge in [-0.2, -0.15) is 10.5 Å². The fraction of sp³-hybridized carbons (Fsp3) is 0.190. The minimum absolute atomic E-state index is 0.0953. The zero-order valence-corrected chi connectivity index (χ0v) is 16.4. The van der Waals surface area contributed by atoms with Gasteiger partial charge in [0.25, 0.3) is 5.91 Å². The average molecular weight is 396 g/mol. The summed E-state index contributed by atoms with van der Waals surface area (Å²) in [6.07, 6.45) is 1.40. The number of nitriles is 2. The number of nitrogens with one attached hydrogen (secondary N) is 1. The van der Waals surface area contributed by atoms with Crippen LogP contribution in [0.1, 0.15) is 16.7 Å². The summed E-state index contributed by atoms with van der Waals surface area (Å²) in [5.74, 6) is -0.0209. The molecule has 0 radical (unpaired) electrons. The normalized spacial score (nSPS) is 10.6. The molecule has 0 aromatic heterocycles. The SMILES string of the molecule is COc1cc(/C=C(\C#N)C(=O)Nc2ccc(C)c(C)c2)cc(Cl)c1OCC#N. The number of anilines is 1. The van der Waals surface area contributed by atoms with E-state index in [0.717, 1.165) is 11.1 Å². The fourth-order valence-corrected chi connectivity index (χ4v) is 2.67. The van der Waals surface area contributed by atoms with Crippen LogP contribution in [0.2, 0.25) is 5.02 Å². The number of nitrogens with zero attached hydrogens (tertiary/aromatic N) is 2. The van der Waals surface area contributed by atoms with Crippen LogP contribution in [0.4, 0.5) is 5.69 Å². The van der Waals surface area contributed by atoms with Gasteiger partial charge < -0.3 is 14.8 Å². The maximum absolute atomic E-state index is 12.5. The second-order valence-electron chi connectivity index (χ2n) is 5.90. The molecule has 1 amide bonds. The molecule has 0 atom stereocenters. The number of halogens is 1. The molecule has 142 valence electrons. The number of rotatable bonds is 6. The molecule has 0 fully saturated rings. The Hall–Kier alpha value is -3.48. The van der Waals surface area contributed by atoms with Gasteiger partial charge in [0.2, 0.25) is 0 Å². The molecule has 0 unspecified atom stereocenters. The Bertz CT molecular complexity index is 1020. The van der Waals surface area contributed by atoms with Gasteiger partial charge in [-0.05, 0) is 60.9 Å². The summed E-state index contributed by atoms with van der Waals surface area (Å²) >= 11 is 6.19. The van der Waals surface area contributed by atoms with Crippen LogP contribution in [0.15, 0.2) is 35.9 Å². The number of ether oxygens (including phenoxy) is 2. The molecule has 0 aliphatic carbocycles. The van der Waals surface area contributed by atoms with Crippen LogP contribution < -0.4 is 14.8 Å². The molecule has 1 N–H and O–H groups in total. The Morgan fingerprint density at radius 1 is 1.21 bits per heavy atom. The number of aryl methyl sites for hydroxylation is 2. The van der Waals surface area contributed by atoms with Crippen molar-refractivity contribution in [1.82, 2.24) is 0 Å². The molecule has 0 bridgehead atoms. The van der Waals surface area contributed by atoms with Crippen molar-refractivity contribution >= 4 is 29.3 Å². The lowest BCUT2D eigenvalue weighted by molar-refractivity contribution is -0.112. The van der Waals surface area contributed by atoms with Crippen LogP contribution in [-0.4, -0.2) is 19.6 Å². The fourth-order valence-electron chi connectivity index (χ4n) is 2.40. The van der Waals surface area contributed by atoms with E-state index in [-0.39, 0.29) is 23.0 Å². The molecule has 0 saturated heterocycles. The lowest BCUT2D eigenvalue weighted by Crippen LogP contribution is -2.13. The van der Waals surface area contributed by atoms with Gasteiger partial charge in [0, 0.05) is 5.69 Å². The minimum atomic E-state index is -0.536. The van der Waals surface area contributed by atoms with Gasteiger partial charge in [-0.25, -0.2) is 0 Å². The van der Waals surface area contributed by atoms with E-state index in [2.05, 4.69) is 5.32 Å². The molecule has 0 aliphatic rings. The number of amides is 1. The van der Waals surface area contributed by atoms with Gasteiger partial charge in [-0.1, -0.05) is 17.7 Å². The highest BCUT2D eigenvalue weighted by atomic mass is 35.5. The van der Waals surface area contributed by atoms with Gasteiger partial charge in [-0.15, -0.1) is 0 Å². The van der Waals surface area contributed by atoms with Crippen LogP contribution >= 0.6 is 11.6 Å². The quantitative estimate of drug-likeness (QED) is 0.577. The first-order valence-corrected chi connectivity index (χ1v) is 8.65. The third-order valence-corrected chi connectivity index (χ3v) is 4.25. The number of hydrogen-bond donors (Lipinski definition) is 1. The Morgan fingerprint density at radius 3 is 2.57 bits per heavy atom. The molecule has 2 rings (SSSR count). The molecule has 0 aliphatic heterocycles. The average Bonchev–Trinajstić information content (AvgIpc) is 2.67. The van der Waals surface area contributed by atoms with Crippen molar-refractivity contribution in [3.8, 4) is 23.6 Å². The predicted octanol–water partition coefficient (Wildman–Crippen LogP) is 4.41. The highest BCUT2D eigenvalue weighted by molar-refractivity contribution is 6.32. The molecule has 0 spiro atoms. The molecule has 6 nitrogen and oxygen atoms in total. The van der Waals surface area contributed by atoms with Crippen molar-refractivity contribution in [2.45, 2.75) is 13.8 Å². The van der Waals surface area contributed by atoms with Crippen molar-refractivity contribution in [3.05, 3.63) is 57.6 Å². The third-order valence-electron chi connectivity index (χ3n) is 3.97. The first-order valence-electron chi connectivity index (χ1n) is 8.27. The van der Waals surface area contributed by atoms with Gasteiger partial charge in [0.1, 0.15) is 17.7 Å². The Kier molecular flexibility index (Phi) is 7.03. The minimum Gasteiger partial charge on any atom is -0.493 e. The van der Waals surface area contributed by atoms with E-state index in [4.69, 9.17) is 26.3 Å². The van der Waals surface area contributed by atoms with Crippen LogP contribution in [0.3, 0.4) is 0 Å².